The van der Waals surface area contributed by atoms with Crippen LogP contribution in [0.15, 0.2) is 22.7 Å². The van der Waals surface area contributed by atoms with Gasteiger partial charge in [0.2, 0.25) is 0 Å². The van der Waals surface area contributed by atoms with Crippen LogP contribution in [0.1, 0.15) is 24.1 Å². The molecule has 3 rings (SSSR count). The molecule has 1 aliphatic carbocycles. The first kappa shape index (κ1) is 12.5. The lowest BCUT2D eigenvalue weighted by Crippen LogP contribution is -2.12. The molecule has 0 radical (unpaired) electrons. The number of hydrogen-bond donors (Lipinski definition) is 1. The van der Waals surface area contributed by atoms with E-state index < -0.39 is 0 Å². The molecule has 1 aromatic heterocycles. The molecule has 0 atom stereocenters. The Morgan fingerprint density at radius 1 is 1.16 bits per heavy atom. The Bertz CT molecular complexity index is 643. The summed E-state index contributed by atoms with van der Waals surface area (Å²) in [4.78, 5) is 8.89. The molecule has 3 nitrogen and oxygen atoms in total. The van der Waals surface area contributed by atoms with Crippen molar-refractivity contribution in [1.29, 1.82) is 0 Å². The average Bonchev–Trinajstić information content (AvgIpc) is 2.41. The summed E-state index contributed by atoms with van der Waals surface area (Å²) in [5.41, 5.74) is 8.71. The van der Waals surface area contributed by atoms with E-state index in [-0.39, 0.29) is 5.82 Å². The fourth-order valence-electron chi connectivity index (χ4n) is 2.41. The van der Waals surface area contributed by atoms with Gasteiger partial charge < -0.3 is 5.73 Å². The summed E-state index contributed by atoms with van der Waals surface area (Å²) in [6.07, 6.45) is 4.10. The van der Waals surface area contributed by atoms with E-state index >= 15 is 0 Å². The lowest BCUT2D eigenvalue weighted by Gasteiger charge is -2.17. The zero-order chi connectivity index (χ0) is 13.4. The quantitative estimate of drug-likeness (QED) is 0.874. The summed E-state index contributed by atoms with van der Waals surface area (Å²) < 4.78 is 14.1. The van der Waals surface area contributed by atoms with E-state index in [0.717, 1.165) is 41.4 Å². The molecule has 0 fully saturated rings. The number of benzene rings is 1. The number of nitrogen functional groups attached to an aromatic ring is 1. The van der Waals surface area contributed by atoms with Crippen LogP contribution in [-0.2, 0) is 12.8 Å². The van der Waals surface area contributed by atoms with Crippen LogP contribution in [0.2, 0.25) is 0 Å². The number of fused-ring (bicyclic) bond motifs is 1. The zero-order valence-electron chi connectivity index (χ0n) is 10.3. The van der Waals surface area contributed by atoms with Gasteiger partial charge in [-0.1, -0.05) is 15.9 Å². The van der Waals surface area contributed by atoms with Crippen molar-refractivity contribution in [2.24, 2.45) is 0 Å². The van der Waals surface area contributed by atoms with Crippen molar-refractivity contribution < 1.29 is 4.39 Å². The van der Waals surface area contributed by atoms with Crippen molar-refractivity contribution in [3.05, 3.63) is 39.7 Å². The minimum Gasteiger partial charge on any atom is -0.383 e. The number of anilines is 1. The molecule has 0 amide bonds. The highest BCUT2D eigenvalue weighted by molar-refractivity contribution is 9.10. The summed E-state index contributed by atoms with van der Waals surface area (Å²) in [7, 11) is 0. The molecule has 0 saturated heterocycles. The molecule has 1 aliphatic rings. The largest absolute Gasteiger partial charge is 0.383 e. The Morgan fingerprint density at radius 2 is 1.95 bits per heavy atom. The molecule has 2 aromatic rings. The fourth-order valence-corrected chi connectivity index (χ4v) is 2.84. The summed E-state index contributed by atoms with van der Waals surface area (Å²) in [5.74, 6) is 0.707. The van der Waals surface area contributed by atoms with Crippen LogP contribution in [0.25, 0.3) is 11.4 Å². The second kappa shape index (κ2) is 4.89. The highest BCUT2D eigenvalue weighted by Crippen LogP contribution is 2.30. The van der Waals surface area contributed by atoms with Gasteiger partial charge in [-0.25, -0.2) is 14.4 Å². The minimum atomic E-state index is -0.307. The van der Waals surface area contributed by atoms with Crippen LogP contribution < -0.4 is 5.73 Å². The first-order valence-electron chi connectivity index (χ1n) is 6.26. The number of aryl methyl sites for hydroxylation is 1. The van der Waals surface area contributed by atoms with Gasteiger partial charge in [0.1, 0.15) is 11.6 Å². The average molecular weight is 322 g/mol. The lowest BCUT2D eigenvalue weighted by atomic mass is 9.96. The number of nitrogens with zero attached hydrogens (tertiary/aromatic N) is 2. The summed E-state index contributed by atoms with van der Waals surface area (Å²) in [6.45, 7) is 0. The molecule has 19 heavy (non-hydrogen) atoms. The van der Waals surface area contributed by atoms with Crippen LogP contribution in [-0.4, -0.2) is 9.97 Å². The van der Waals surface area contributed by atoms with Gasteiger partial charge in [0, 0.05) is 21.3 Å². The summed E-state index contributed by atoms with van der Waals surface area (Å²) in [5, 5.41) is 0. The SMILES string of the molecule is Nc1nc(-c2cc(F)ccc2Br)nc2c1CCCC2. The first-order valence-corrected chi connectivity index (χ1v) is 7.05. The van der Waals surface area contributed by atoms with Crippen LogP contribution >= 0.6 is 15.9 Å². The molecule has 0 bridgehead atoms. The highest BCUT2D eigenvalue weighted by Gasteiger charge is 2.18. The van der Waals surface area contributed by atoms with Gasteiger partial charge in [-0.3, -0.25) is 0 Å². The Hall–Kier alpha value is -1.49. The molecule has 0 saturated carbocycles. The van der Waals surface area contributed by atoms with Gasteiger partial charge >= 0.3 is 0 Å². The molecule has 2 N–H and O–H groups in total. The van der Waals surface area contributed by atoms with E-state index in [9.17, 15) is 4.39 Å². The van der Waals surface area contributed by atoms with Crippen molar-refractivity contribution in [2.45, 2.75) is 25.7 Å². The van der Waals surface area contributed by atoms with Crippen molar-refractivity contribution in [1.82, 2.24) is 9.97 Å². The normalized spacial score (nSPS) is 14.2. The summed E-state index contributed by atoms with van der Waals surface area (Å²) >= 11 is 3.40. The first-order chi connectivity index (χ1) is 9.15. The van der Waals surface area contributed by atoms with Crippen LogP contribution in [0, 0.1) is 5.82 Å². The maximum atomic E-state index is 13.4. The Balaban J connectivity index is 2.15. The molecular formula is C14H13BrFN3. The van der Waals surface area contributed by atoms with Crippen LogP contribution in [0.4, 0.5) is 10.2 Å². The van der Waals surface area contributed by atoms with E-state index in [2.05, 4.69) is 25.9 Å². The van der Waals surface area contributed by atoms with Gasteiger partial charge in [0.05, 0.1) is 0 Å². The third-order valence-corrected chi connectivity index (χ3v) is 4.08. The third kappa shape index (κ3) is 2.34. The van der Waals surface area contributed by atoms with Gasteiger partial charge in [0.25, 0.3) is 0 Å². The molecular weight excluding hydrogens is 309 g/mol. The lowest BCUT2D eigenvalue weighted by molar-refractivity contribution is 0.627. The molecule has 0 aliphatic heterocycles. The van der Waals surface area contributed by atoms with E-state index in [1.165, 1.54) is 12.1 Å². The second-order valence-corrected chi connectivity index (χ2v) is 5.54. The zero-order valence-corrected chi connectivity index (χ0v) is 11.9. The fraction of sp³-hybridized carbons (Fsp3) is 0.286. The molecule has 0 spiro atoms. The maximum Gasteiger partial charge on any atom is 0.163 e. The number of halogens is 2. The molecule has 1 heterocycles. The minimum absolute atomic E-state index is 0.307. The smallest absolute Gasteiger partial charge is 0.163 e. The topological polar surface area (TPSA) is 51.8 Å². The predicted molar refractivity (Wildman–Crippen MR) is 76.2 cm³/mol. The van der Waals surface area contributed by atoms with Gasteiger partial charge in [0.15, 0.2) is 5.82 Å². The Kier molecular flexibility index (Phi) is 3.22. The monoisotopic (exact) mass is 321 g/mol. The third-order valence-electron chi connectivity index (χ3n) is 3.38. The molecule has 5 heteroatoms. The van der Waals surface area contributed by atoms with Gasteiger partial charge in [-0.15, -0.1) is 0 Å². The Labute approximate surface area is 119 Å². The van der Waals surface area contributed by atoms with Gasteiger partial charge in [-0.2, -0.15) is 0 Å². The standard InChI is InChI=1S/C14H13BrFN3/c15-11-6-5-8(16)7-10(11)14-18-12-4-2-1-3-9(12)13(17)19-14/h5-7H,1-4H2,(H2,17,18,19). The van der Waals surface area contributed by atoms with E-state index in [1.807, 2.05) is 0 Å². The van der Waals surface area contributed by atoms with Gasteiger partial charge in [-0.05, 0) is 43.9 Å². The van der Waals surface area contributed by atoms with Crippen molar-refractivity contribution in [2.75, 3.05) is 5.73 Å². The molecule has 1 aromatic carbocycles. The number of aromatic nitrogens is 2. The molecule has 0 unspecified atom stereocenters. The Morgan fingerprint density at radius 3 is 2.79 bits per heavy atom. The highest BCUT2D eigenvalue weighted by atomic mass is 79.9. The summed E-state index contributed by atoms with van der Waals surface area (Å²) in [6, 6.07) is 4.48. The van der Waals surface area contributed by atoms with Crippen molar-refractivity contribution >= 4 is 21.7 Å². The van der Waals surface area contributed by atoms with Crippen LogP contribution in [0.5, 0.6) is 0 Å². The number of rotatable bonds is 1. The number of nitrogens with two attached hydrogens (primary N) is 1. The van der Waals surface area contributed by atoms with E-state index in [1.54, 1.807) is 6.07 Å². The maximum absolute atomic E-state index is 13.4. The second-order valence-electron chi connectivity index (χ2n) is 4.69. The van der Waals surface area contributed by atoms with E-state index in [0.29, 0.717) is 17.2 Å². The van der Waals surface area contributed by atoms with Crippen molar-refractivity contribution in [3.8, 4) is 11.4 Å². The predicted octanol–water partition coefficient (Wildman–Crippen LogP) is 3.51. The van der Waals surface area contributed by atoms with Crippen molar-refractivity contribution in [3.63, 3.8) is 0 Å². The number of hydrogen-bond acceptors (Lipinski definition) is 3. The molecule has 98 valence electrons. The van der Waals surface area contributed by atoms with E-state index in [4.69, 9.17) is 5.73 Å². The van der Waals surface area contributed by atoms with Crippen LogP contribution in [0.3, 0.4) is 0 Å².